The van der Waals surface area contributed by atoms with Gasteiger partial charge in [0, 0.05) is 5.41 Å². The van der Waals surface area contributed by atoms with E-state index in [4.69, 9.17) is 23.2 Å². The number of halogens is 2. The van der Waals surface area contributed by atoms with Crippen molar-refractivity contribution >= 4 is 45.6 Å². The summed E-state index contributed by atoms with van der Waals surface area (Å²) in [6.45, 7) is 1.80. The maximum Gasteiger partial charge on any atom is 0.235 e. The summed E-state index contributed by atoms with van der Waals surface area (Å²) in [6, 6.07) is 0. The summed E-state index contributed by atoms with van der Waals surface area (Å²) in [5.74, 6) is 2.46. The van der Waals surface area contributed by atoms with Crippen molar-refractivity contribution in [1.29, 1.82) is 0 Å². The second kappa shape index (κ2) is 4.86. The Hall–Kier alpha value is -0.390. The van der Waals surface area contributed by atoms with E-state index in [9.17, 15) is 4.79 Å². The SMILES string of the molecule is CC1(C(=O)Nc2nnc(C34CC5CC(CC(C5)C3)C4)s2)CC1(Cl)Cl. The van der Waals surface area contributed by atoms with E-state index in [2.05, 4.69) is 15.5 Å². The van der Waals surface area contributed by atoms with Gasteiger partial charge in [0.15, 0.2) is 0 Å². The molecule has 5 saturated carbocycles. The number of carbonyl (C=O) groups is 1. The summed E-state index contributed by atoms with van der Waals surface area (Å²) in [7, 11) is 0. The van der Waals surface area contributed by atoms with Crippen LogP contribution in [0.25, 0.3) is 0 Å². The highest BCUT2D eigenvalue weighted by atomic mass is 35.5. The molecule has 5 aliphatic rings. The molecule has 4 bridgehead atoms. The Morgan fingerprint density at radius 3 is 2.17 bits per heavy atom. The molecule has 1 atom stereocenters. The van der Waals surface area contributed by atoms with Crippen LogP contribution in [0.2, 0.25) is 0 Å². The maximum atomic E-state index is 12.4. The molecule has 7 heteroatoms. The van der Waals surface area contributed by atoms with Crippen LogP contribution in [-0.2, 0) is 10.2 Å². The molecule has 6 rings (SSSR count). The van der Waals surface area contributed by atoms with Crippen LogP contribution in [0.5, 0.6) is 0 Å². The number of nitrogens with zero attached hydrogens (tertiary/aromatic N) is 2. The molecule has 1 N–H and O–H groups in total. The van der Waals surface area contributed by atoms with Crippen molar-refractivity contribution < 1.29 is 4.79 Å². The fraction of sp³-hybridized carbons (Fsp3) is 0.824. The second-order valence-corrected chi connectivity index (χ2v) is 11.2. The molecule has 0 saturated heterocycles. The summed E-state index contributed by atoms with van der Waals surface area (Å²) in [5, 5.41) is 13.3. The molecule has 5 fully saturated rings. The Morgan fingerprint density at radius 1 is 1.12 bits per heavy atom. The van der Waals surface area contributed by atoms with Gasteiger partial charge in [-0.3, -0.25) is 10.1 Å². The minimum Gasteiger partial charge on any atom is -0.300 e. The molecule has 24 heavy (non-hydrogen) atoms. The first-order chi connectivity index (χ1) is 11.3. The van der Waals surface area contributed by atoms with E-state index in [1.165, 1.54) is 38.5 Å². The van der Waals surface area contributed by atoms with Crippen molar-refractivity contribution in [2.75, 3.05) is 5.32 Å². The molecule has 0 aliphatic heterocycles. The summed E-state index contributed by atoms with van der Waals surface area (Å²) in [4.78, 5) is 12.4. The summed E-state index contributed by atoms with van der Waals surface area (Å²) in [6.07, 6.45) is 8.48. The third kappa shape index (κ3) is 2.20. The molecule has 1 aromatic rings. The van der Waals surface area contributed by atoms with E-state index in [1.54, 1.807) is 18.3 Å². The lowest BCUT2D eigenvalue weighted by Gasteiger charge is -2.55. The van der Waals surface area contributed by atoms with Gasteiger partial charge in [0.25, 0.3) is 0 Å². The van der Waals surface area contributed by atoms with E-state index in [0.29, 0.717) is 11.6 Å². The molecule has 0 aromatic carbocycles. The third-order valence-electron chi connectivity index (χ3n) is 6.90. The zero-order valence-electron chi connectivity index (χ0n) is 13.6. The fourth-order valence-electron chi connectivity index (χ4n) is 5.74. The first-order valence-corrected chi connectivity index (χ1v) is 10.4. The number of carbonyl (C=O) groups excluding carboxylic acids is 1. The van der Waals surface area contributed by atoms with Gasteiger partial charge in [0.05, 0.1) is 5.41 Å². The first-order valence-electron chi connectivity index (χ1n) is 8.83. The van der Waals surface area contributed by atoms with Gasteiger partial charge in [-0.15, -0.1) is 33.4 Å². The average Bonchev–Trinajstić information content (AvgIpc) is 2.83. The Bertz CT molecular complexity index is 683. The summed E-state index contributed by atoms with van der Waals surface area (Å²) in [5.41, 5.74) is -0.496. The van der Waals surface area contributed by atoms with Gasteiger partial charge in [-0.2, -0.15) is 0 Å². The molecule has 4 nitrogen and oxygen atoms in total. The van der Waals surface area contributed by atoms with Crippen LogP contribution in [0.15, 0.2) is 0 Å². The van der Waals surface area contributed by atoms with E-state index in [-0.39, 0.29) is 11.3 Å². The second-order valence-electron chi connectivity index (χ2n) is 8.78. The number of amides is 1. The lowest BCUT2D eigenvalue weighted by molar-refractivity contribution is -0.120. The number of aromatic nitrogens is 2. The molecule has 1 heterocycles. The lowest BCUT2D eigenvalue weighted by atomic mass is 9.50. The van der Waals surface area contributed by atoms with Gasteiger partial charge >= 0.3 is 0 Å². The van der Waals surface area contributed by atoms with E-state index in [1.807, 2.05) is 0 Å². The topological polar surface area (TPSA) is 54.9 Å². The van der Waals surface area contributed by atoms with Crippen molar-refractivity contribution in [3.05, 3.63) is 5.01 Å². The monoisotopic (exact) mass is 385 g/mol. The number of hydrogen-bond donors (Lipinski definition) is 1. The number of anilines is 1. The lowest BCUT2D eigenvalue weighted by Crippen LogP contribution is -2.48. The Morgan fingerprint density at radius 2 is 1.67 bits per heavy atom. The summed E-state index contributed by atoms with van der Waals surface area (Å²) >= 11 is 13.7. The predicted octanol–water partition coefficient (Wildman–Crippen LogP) is 4.53. The predicted molar refractivity (Wildman–Crippen MR) is 95.5 cm³/mol. The van der Waals surface area contributed by atoms with Crippen LogP contribution in [0.4, 0.5) is 5.13 Å². The molecular formula is C17H21Cl2N3OS. The van der Waals surface area contributed by atoms with Crippen molar-refractivity contribution in [1.82, 2.24) is 10.2 Å². The Balaban J connectivity index is 1.36. The minimum atomic E-state index is -0.954. The van der Waals surface area contributed by atoms with Crippen molar-refractivity contribution in [3.63, 3.8) is 0 Å². The molecule has 0 radical (unpaired) electrons. The largest absolute Gasteiger partial charge is 0.300 e. The van der Waals surface area contributed by atoms with E-state index < -0.39 is 9.75 Å². The van der Waals surface area contributed by atoms with Gasteiger partial charge < -0.3 is 0 Å². The maximum absolute atomic E-state index is 12.4. The zero-order chi connectivity index (χ0) is 16.7. The first kappa shape index (κ1) is 15.8. The highest BCUT2D eigenvalue weighted by Gasteiger charge is 2.68. The highest BCUT2D eigenvalue weighted by molar-refractivity contribution is 7.15. The number of hydrogen-bond acceptors (Lipinski definition) is 4. The average molecular weight is 386 g/mol. The van der Waals surface area contributed by atoms with Crippen LogP contribution in [-0.4, -0.2) is 20.4 Å². The van der Waals surface area contributed by atoms with Gasteiger partial charge in [-0.05, 0) is 69.6 Å². The fourth-order valence-corrected chi connectivity index (χ4v) is 7.40. The van der Waals surface area contributed by atoms with Crippen LogP contribution in [0.1, 0.15) is 56.9 Å². The zero-order valence-corrected chi connectivity index (χ0v) is 16.0. The normalized spacial score (nSPS) is 44.5. The van der Waals surface area contributed by atoms with Gasteiger partial charge in [-0.25, -0.2) is 0 Å². The number of rotatable bonds is 3. The highest BCUT2D eigenvalue weighted by Crippen LogP contribution is 2.64. The Kier molecular flexibility index (Phi) is 3.21. The third-order valence-corrected chi connectivity index (χ3v) is 9.08. The quantitative estimate of drug-likeness (QED) is 0.777. The van der Waals surface area contributed by atoms with Crippen molar-refractivity contribution in [2.45, 2.75) is 61.6 Å². The minimum absolute atomic E-state index is 0.152. The molecule has 1 amide bonds. The standard InChI is InChI=1S/C17H21Cl2N3OS/c1-15(8-17(15,18)19)12(23)20-14-22-21-13(24-14)16-5-9-2-10(6-16)4-11(3-9)7-16/h9-11H,2-8H2,1H3,(H,20,22,23). The van der Waals surface area contributed by atoms with E-state index in [0.717, 1.165) is 22.8 Å². The van der Waals surface area contributed by atoms with Gasteiger partial charge in [0.2, 0.25) is 11.0 Å². The van der Waals surface area contributed by atoms with Gasteiger partial charge in [-0.1, -0.05) is 11.3 Å². The van der Waals surface area contributed by atoms with Crippen LogP contribution >= 0.6 is 34.5 Å². The van der Waals surface area contributed by atoms with Crippen LogP contribution in [0, 0.1) is 23.2 Å². The summed E-state index contributed by atoms with van der Waals surface area (Å²) < 4.78 is -0.954. The van der Waals surface area contributed by atoms with Crippen LogP contribution in [0.3, 0.4) is 0 Å². The smallest absolute Gasteiger partial charge is 0.235 e. The number of alkyl halides is 2. The molecule has 5 aliphatic carbocycles. The molecule has 1 unspecified atom stereocenters. The molecule has 0 spiro atoms. The van der Waals surface area contributed by atoms with Crippen LogP contribution < -0.4 is 5.32 Å². The Labute approximate surface area is 155 Å². The molecule has 1 aromatic heterocycles. The molecule has 130 valence electrons. The van der Waals surface area contributed by atoms with Crippen molar-refractivity contribution in [3.8, 4) is 0 Å². The molecular weight excluding hydrogens is 365 g/mol. The number of nitrogens with one attached hydrogen (secondary N) is 1. The van der Waals surface area contributed by atoms with Gasteiger partial charge in [0.1, 0.15) is 9.34 Å². The van der Waals surface area contributed by atoms with E-state index >= 15 is 0 Å². The van der Waals surface area contributed by atoms with Crippen molar-refractivity contribution in [2.24, 2.45) is 23.2 Å².